The van der Waals surface area contributed by atoms with Crippen LogP contribution in [-0.2, 0) is 11.3 Å². The molecule has 0 bridgehead atoms. The first-order valence-electron chi connectivity index (χ1n) is 8.37. The lowest BCUT2D eigenvalue weighted by molar-refractivity contribution is -0.122. The molecule has 2 atom stereocenters. The van der Waals surface area contributed by atoms with Crippen molar-refractivity contribution >= 4 is 5.91 Å². The van der Waals surface area contributed by atoms with E-state index in [1.807, 2.05) is 41.3 Å². The third-order valence-electron chi connectivity index (χ3n) is 4.42. The zero-order valence-corrected chi connectivity index (χ0v) is 14.3. The normalized spacial score (nSPS) is 20.4. The van der Waals surface area contributed by atoms with Crippen LogP contribution in [0.5, 0.6) is 5.75 Å². The first kappa shape index (κ1) is 17.4. The van der Waals surface area contributed by atoms with Crippen LogP contribution >= 0.6 is 0 Å². The van der Waals surface area contributed by atoms with Crippen molar-refractivity contribution in [3.8, 4) is 5.75 Å². The van der Waals surface area contributed by atoms with Gasteiger partial charge in [-0.25, -0.2) is 0 Å². The van der Waals surface area contributed by atoms with Gasteiger partial charge in [0.1, 0.15) is 5.75 Å². The summed E-state index contributed by atoms with van der Waals surface area (Å²) in [6.45, 7) is 1.19. The highest BCUT2D eigenvalue weighted by Gasteiger charge is 2.33. The van der Waals surface area contributed by atoms with E-state index in [-0.39, 0.29) is 18.5 Å². The summed E-state index contributed by atoms with van der Waals surface area (Å²) in [5, 5.41) is 13.0. The molecule has 1 aliphatic rings. The Kier molecular flexibility index (Phi) is 5.63. The molecule has 1 amide bonds. The van der Waals surface area contributed by atoms with Crippen LogP contribution in [0.2, 0.25) is 0 Å². The number of aromatic nitrogens is 1. The Hall–Kier alpha value is -2.44. The molecule has 0 saturated carbocycles. The molecule has 1 aromatic heterocycles. The average molecular weight is 341 g/mol. The second-order valence-electron chi connectivity index (χ2n) is 6.25. The van der Waals surface area contributed by atoms with Crippen molar-refractivity contribution < 1.29 is 14.6 Å². The second-order valence-corrected chi connectivity index (χ2v) is 6.25. The molecule has 0 aliphatic carbocycles. The molecule has 2 N–H and O–H groups in total. The van der Waals surface area contributed by atoms with Gasteiger partial charge in [0.05, 0.1) is 19.8 Å². The number of methoxy groups -OCH3 is 1. The van der Waals surface area contributed by atoms with Gasteiger partial charge in [0.15, 0.2) is 0 Å². The Labute approximate surface area is 147 Å². The number of benzene rings is 1. The smallest absolute Gasteiger partial charge is 0.234 e. The fourth-order valence-corrected chi connectivity index (χ4v) is 3.19. The lowest BCUT2D eigenvalue weighted by Crippen LogP contribution is -2.37. The number of likely N-dealkylation sites (tertiary alicyclic amines) is 1. The minimum Gasteiger partial charge on any atom is -0.497 e. The summed E-state index contributed by atoms with van der Waals surface area (Å²) >= 11 is 0. The third kappa shape index (κ3) is 4.55. The maximum atomic E-state index is 12.3. The van der Waals surface area contributed by atoms with Gasteiger partial charge < -0.3 is 15.2 Å². The van der Waals surface area contributed by atoms with Crippen LogP contribution in [0, 0.1) is 0 Å². The predicted octanol–water partition coefficient (Wildman–Crippen LogP) is 1.51. The van der Waals surface area contributed by atoms with Crippen LogP contribution in [0.15, 0.2) is 48.8 Å². The summed E-state index contributed by atoms with van der Waals surface area (Å²) in [6.07, 6.45) is 3.62. The van der Waals surface area contributed by atoms with Crippen LogP contribution in [0.25, 0.3) is 0 Å². The van der Waals surface area contributed by atoms with Crippen molar-refractivity contribution in [2.45, 2.75) is 25.1 Å². The second kappa shape index (κ2) is 8.09. The Bertz CT molecular complexity index is 708. The molecule has 3 rings (SSSR count). The van der Waals surface area contributed by atoms with Gasteiger partial charge in [-0.3, -0.25) is 14.7 Å². The van der Waals surface area contributed by atoms with E-state index in [4.69, 9.17) is 4.74 Å². The number of ether oxygens (including phenoxy) is 1. The van der Waals surface area contributed by atoms with Gasteiger partial charge >= 0.3 is 0 Å². The fourth-order valence-electron chi connectivity index (χ4n) is 3.19. The first-order valence-corrected chi connectivity index (χ1v) is 8.37. The number of β-amino-alcohol motifs (C(OH)–C–C–N with tert-alkyl or cyclic N) is 1. The topological polar surface area (TPSA) is 74.7 Å². The third-order valence-corrected chi connectivity index (χ3v) is 4.42. The van der Waals surface area contributed by atoms with E-state index in [0.29, 0.717) is 19.5 Å². The molecule has 2 aromatic rings. The quantitative estimate of drug-likeness (QED) is 0.833. The maximum Gasteiger partial charge on any atom is 0.234 e. The standard InChI is InChI=1S/C19H23N3O3/c1-25-17-6-2-5-15(8-17)18-9-16(23)12-22(18)13-19(24)21-11-14-4-3-7-20-10-14/h2-8,10,16,18,23H,9,11-13H2,1H3,(H,21,24)/t16-,18+/m0/s1. The molecule has 25 heavy (non-hydrogen) atoms. The van der Waals surface area contributed by atoms with Crippen molar-refractivity contribution in [3.05, 3.63) is 59.9 Å². The number of hydrogen-bond acceptors (Lipinski definition) is 5. The van der Waals surface area contributed by atoms with Gasteiger partial charge in [-0.2, -0.15) is 0 Å². The zero-order valence-electron chi connectivity index (χ0n) is 14.3. The molecular weight excluding hydrogens is 318 g/mol. The number of hydrogen-bond donors (Lipinski definition) is 2. The molecule has 1 aromatic carbocycles. The number of amides is 1. The molecule has 132 valence electrons. The van der Waals surface area contributed by atoms with Gasteiger partial charge in [0, 0.05) is 31.5 Å². The van der Waals surface area contributed by atoms with E-state index in [1.54, 1.807) is 19.5 Å². The minimum atomic E-state index is -0.428. The van der Waals surface area contributed by atoms with Crippen LogP contribution in [0.4, 0.5) is 0 Å². The van der Waals surface area contributed by atoms with Gasteiger partial charge in [-0.15, -0.1) is 0 Å². The van der Waals surface area contributed by atoms with Crippen molar-refractivity contribution in [2.75, 3.05) is 20.2 Å². The van der Waals surface area contributed by atoms with E-state index in [9.17, 15) is 9.90 Å². The first-order chi connectivity index (χ1) is 12.2. The van der Waals surface area contributed by atoms with Gasteiger partial charge in [-0.1, -0.05) is 18.2 Å². The number of carbonyl (C=O) groups excluding carboxylic acids is 1. The molecule has 0 unspecified atom stereocenters. The predicted molar refractivity (Wildman–Crippen MR) is 94.0 cm³/mol. The average Bonchev–Trinajstić information content (AvgIpc) is 3.01. The molecule has 6 heteroatoms. The largest absolute Gasteiger partial charge is 0.497 e. The maximum absolute atomic E-state index is 12.3. The Morgan fingerprint density at radius 1 is 1.40 bits per heavy atom. The number of carbonyl (C=O) groups is 1. The summed E-state index contributed by atoms with van der Waals surface area (Å²) in [4.78, 5) is 18.3. The van der Waals surface area contributed by atoms with Crippen LogP contribution < -0.4 is 10.1 Å². The van der Waals surface area contributed by atoms with Gasteiger partial charge in [0.2, 0.25) is 5.91 Å². The van der Waals surface area contributed by atoms with Crippen molar-refractivity contribution in [3.63, 3.8) is 0 Å². The zero-order chi connectivity index (χ0) is 17.6. The van der Waals surface area contributed by atoms with Crippen molar-refractivity contribution in [1.29, 1.82) is 0 Å². The summed E-state index contributed by atoms with van der Waals surface area (Å²) in [6, 6.07) is 11.6. The molecule has 0 spiro atoms. The lowest BCUT2D eigenvalue weighted by atomic mass is 10.0. The Morgan fingerprint density at radius 3 is 3.04 bits per heavy atom. The lowest BCUT2D eigenvalue weighted by Gasteiger charge is -2.24. The van der Waals surface area contributed by atoms with E-state index in [2.05, 4.69) is 10.3 Å². The molecule has 6 nitrogen and oxygen atoms in total. The highest BCUT2D eigenvalue weighted by molar-refractivity contribution is 5.78. The summed E-state index contributed by atoms with van der Waals surface area (Å²) < 4.78 is 5.28. The van der Waals surface area contributed by atoms with E-state index in [0.717, 1.165) is 16.9 Å². The number of aliphatic hydroxyl groups excluding tert-OH is 1. The number of pyridine rings is 1. The molecule has 1 fully saturated rings. The number of rotatable bonds is 6. The van der Waals surface area contributed by atoms with Crippen molar-refractivity contribution in [2.24, 2.45) is 0 Å². The van der Waals surface area contributed by atoms with E-state index < -0.39 is 6.10 Å². The van der Waals surface area contributed by atoms with Crippen molar-refractivity contribution in [1.82, 2.24) is 15.2 Å². The number of aliphatic hydroxyl groups is 1. The minimum absolute atomic E-state index is 0.00856. The molecule has 0 radical (unpaired) electrons. The van der Waals surface area contributed by atoms with Crippen LogP contribution in [-0.4, -0.2) is 47.2 Å². The van der Waals surface area contributed by atoms with Gasteiger partial charge in [-0.05, 0) is 35.7 Å². The summed E-state index contributed by atoms with van der Waals surface area (Å²) in [5.74, 6) is 0.714. The Morgan fingerprint density at radius 2 is 2.28 bits per heavy atom. The fraction of sp³-hybridized carbons (Fsp3) is 0.368. The highest BCUT2D eigenvalue weighted by Crippen LogP contribution is 2.33. The molecular formula is C19H23N3O3. The molecule has 2 heterocycles. The van der Waals surface area contributed by atoms with Crippen LogP contribution in [0.3, 0.4) is 0 Å². The van der Waals surface area contributed by atoms with Gasteiger partial charge in [0.25, 0.3) is 0 Å². The summed E-state index contributed by atoms with van der Waals surface area (Å²) in [5.41, 5.74) is 2.01. The Balaban J connectivity index is 1.62. The molecule has 1 saturated heterocycles. The number of nitrogens with one attached hydrogen (secondary N) is 1. The molecule has 1 aliphatic heterocycles. The monoisotopic (exact) mass is 341 g/mol. The summed E-state index contributed by atoms with van der Waals surface area (Å²) in [7, 11) is 1.63. The SMILES string of the molecule is COc1cccc([C@H]2C[C@H](O)CN2CC(=O)NCc2cccnc2)c1. The van der Waals surface area contributed by atoms with E-state index >= 15 is 0 Å². The number of nitrogens with zero attached hydrogens (tertiary/aromatic N) is 2. The highest BCUT2D eigenvalue weighted by atomic mass is 16.5. The van der Waals surface area contributed by atoms with E-state index in [1.165, 1.54) is 0 Å². The van der Waals surface area contributed by atoms with Crippen LogP contribution in [0.1, 0.15) is 23.6 Å².